The predicted molar refractivity (Wildman–Crippen MR) is 103 cm³/mol. The number of nitrogen functional groups attached to an aromatic ring is 1. The molecule has 4 heteroatoms. The van der Waals surface area contributed by atoms with E-state index in [9.17, 15) is 4.79 Å². The minimum absolute atomic E-state index is 0.0208. The van der Waals surface area contributed by atoms with Crippen molar-refractivity contribution in [3.63, 3.8) is 0 Å². The first-order chi connectivity index (χ1) is 12.1. The molecule has 0 saturated carbocycles. The van der Waals surface area contributed by atoms with Gasteiger partial charge in [0.2, 0.25) is 0 Å². The minimum atomic E-state index is -0.0208. The Labute approximate surface area is 150 Å². The number of hydrogen-bond donors (Lipinski definition) is 2. The third-order valence-corrected chi connectivity index (χ3v) is 4.99. The second-order valence-electron chi connectivity index (χ2n) is 6.98. The number of nitrogens with zero attached hydrogens (tertiary/aromatic N) is 1. The molecule has 0 aliphatic carbocycles. The van der Waals surface area contributed by atoms with Crippen molar-refractivity contribution >= 4 is 11.6 Å². The Morgan fingerprint density at radius 3 is 2.84 bits per heavy atom. The van der Waals surface area contributed by atoms with Crippen molar-refractivity contribution in [1.29, 1.82) is 0 Å². The Morgan fingerprint density at radius 1 is 1.24 bits per heavy atom. The molecule has 0 aromatic heterocycles. The summed E-state index contributed by atoms with van der Waals surface area (Å²) in [7, 11) is 0. The predicted octanol–water partition coefficient (Wildman–Crippen LogP) is 2.87. The van der Waals surface area contributed by atoms with E-state index in [-0.39, 0.29) is 5.91 Å². The Bertz CT molecular complexity index is 714. The Balaban J connectivity index is 1.44. The first kappa shape index (κ1) is 17.5. The van der Waals surface area contributed by atoms with Gasteiger partial charge < -0.3 is 16.0 Å². The van der Waals surface area contributed by atoms with Crippen LogP contribution in [0.2, 0.25) is 0 Å². The van der Waals surface area contributed by atoms with E-state index in [1.807, 2.05) is 19.1 Å². The van der Waals surface area contributed by atoms with Gasteiger partial charge in [-0.3, -0.25) is 4.79 Å². The number of aryl methyl sites for hydroxylation is 1. The molecular weight excluding hydrogens is 310 g/mol. The van der Waals surface area contributed by atoms with E-state index in [0.717, 1.165) is 44.6 Å². The third-order valence-electron chi connectivity index (χ3n) is 4.99. The lowest BCUT2D eigenvalue weighted by Crippen LogP contribution is -2.31. The van der Waals surface area contributed by atoms with Crippen LogP contribution in [0.1, 0.15) is 27.9 Å². The molecule has 4 nitrogen and oxygen atoms in total. The number of nitrogens with two attached hydrogens (primary N) is 1. The van der Waals surface area contributed by atoms with Gasteiger partial charge in [0.25, 0.3) is 5.91 Å². The summed E-state index contributed by atoms with van der Waals surface area (Å²) in [5.41, 5.74) is 9.45. The molecule has 1 aliphatic heterocycles. The average molecular weight is 337 g/mol. The fourth-order valence-corrected chi connectivity index (χ4v) is 3.43. The number of carbonyl (C=O) groups excluding carboxylic acids is 1. The van der Waals surface area contributed by atoms with E-state index in [1.54, 1.807) is 6.07 Å². The highest BCUT2D eigenvalue weighted by molar-refractivity contribution is 5.96. The van der Waals surface area contributed by atoms with Crippen LogP contribution in [0.15, 0.2) is 48.5 Å². The molecule has 0 spiro atoms. The third kappa shape index (κ3) is 4.83. The van der Waals surface area contributed by atoms with Crippen molar-refractivity contribution in [3.8, 4) is 0 Å². The first-order valence-corrected chi connectivity index (χ1v) is 9.02. The minimum Gasteiger partial charge on any atom is -0.399 e. The smallest absolute Gasteiger partial charge is 0.251 e. The highest BCUT2D eigenvalue weighted by atomic mass is 16.1. The van der Waals surface area contributed by atoms with Crippen molar-refractivity contribution in [3.05, 3.63) is 65.2 Å². The fourth-order valence-electron chi connectivity index (χ4n) is 3.43. The van der Waals surface area contributed by atoms with Gasteiger partial charge in [-0.15, -0.1) is 0 Å². The number of benzene rings is 2. The number of carbonyl (C=O) groups is 1. The molecular formula is C21H27N3O. The van der Waals surface area contributed by atoms with Gasteiger partial charge >= 0.3 is 0 Å². The molecule has 3 N–H and O–H groups in total. The van der Waals surface area contributed by atoms with Crippen LogP contribution in [0, 0.1) is 12.8 Å². The highest BCUT2D eigenvalue weighted by Gasteiger charge is 2.22. The maximum Gasteiger partial charge on any atom is 0.251 e. The summed E-state index contributed by atoms with van der Waals surface area (Å²) in [4.78, 5) is 14.9. The van der Waals surface area contributed by atoms with Gasteiger partial charge in [0.15, 0.2) is 0 Å². The molecule has 0 bridgehead atoms. The standard InChI is InChI=1S/C21H27N3O/c1-16-7-8-19(22)13-20(16)21(25)23-14-18-10-12-24(15-18)11-9-17-5-3-2-4-6-17/h2-8,13,18H,9-12,14-15,22H2,1H3,(H,23,25). The van der Waals surface area contributed by atoms with Gasteiger partial charge in [-0.1, -0.05) is 36.4 Å². The number of anilines is 1. The van der Waals surface area contributed by atoms with Crippen LogP contribution in [0.25, 0.3) is 0 Å². The number of likely N-dealkylation sites (tertiary alicyclic amines) is 1. The van der Waals surface area contributed by atoms with E-state index in [4.69, 9.17) is 5.73 Å². The van der Waals surface area contributed by atoms with Crippen molar-refractivity contribution in [2.75, 3.05) is 31.9 Å². The lowest BCUT2D eigenvalue weighted by molar-refractivity contribution is 0.0947. The van der Waals surface area contributed by atoms with Gasteiger partial charge in [0, 0.05) is 30.9 Å². The van der Waals surface area contributed by atoms with Crippen LogP contribution in [0.4, 0.5) is 5.69 Å². The topological polar surface area (TPSA) is 58.4 Å². The molecule has 1 fully saturated rings. The molecule has 2 aromatic rings. The Morgan fingerprint density at radius 2 is 2.04 bits per heavy atom. The van der Waals surface area contributed by atoms with Crippen molar-refractivity contribution < 1.29 is 4.79 Å². The molecule has 3 rings (SSSR count). The summed E-state index contributed by atoms with van der Waals surface area (Å²) in [6.45, 7) is 5.93. The molecule has 1 amide bonds. The average Bonchev–Trinajstić information content (AvgIpc) is 3.09. The van der Waals surface area contributed by atoms with E-state index >= 15 is 0 Å². The number of hydrogen-bond acceptors (Lipinski definition) is 3. The van der Waals surface area contributed by atoms with Crippen LogP contribution in [-0.2, 0) is 6.42 Å². The molecule has 25 heavy (non-hydrogen) atoms. The van der Waals surface area contributed by atoms with E-state index < -0.39 is 0 Å². The van der Waals surface area contributed by atoms with Crippen LogP contribution < -0.4 is 11.1 Å². The van der Waals surface area contributed by atoms with Crippen LogP contribution in [-0.4, -0.2) is 37.0 Å². The molecule has 1 heterocycles. The molecule has 1 unspecified atom stereocenters. The zero-order valence-electron chi connectivity index (χ0n) is 14.9. The van der Waals surface area contributed by atoms with Gasteiger partial charge in [0.1, 0.15) is 0 Å². The van der Waals surface area contributed by atoms with Gasteiger partial charge in [-0.2, -0.15) is 0 Å². The Kier molecular flexibility index (Phi) is 5.71. The number of nitrogens with one attached hydrogen (secondary N) is 1. The number of rotatable bonds is 6. The van der Waals surface area contributed by atoms with Gasteiger partial charge in [-0.25, -0.2) is 0 Å². The molecule has 132 valence electrons. The van der Waals surface area contributed by atoms with Crippen molar-refractivity contribution in [2.45, 2.75) is 19.8 Å². The first-order valence-electron chi connectivity index (χ1n) is 9.02. The number of amides is 1. The fraction of sp³-hybridized carbons (Fsp3) is 0.381. The lowest BCUT2D eigenvalue weighted by Gasteiger charge is -2.16. The molecule has 0 radical (unpaired) electrons. The highest BCUT2D eigenvalue weighted by Crippen LogP contribution is 2.17. The molecule has 1 atom stereocenters. The summed E-state index contributed by atoms with van der Waals surface area (Å²) >= 11 is 0. The molecule has 2 aromatic carbocycles. The van der Waals surface area contributed by atoms with Gasteiger partial charge in [0.05, 0.1) is 0 Å². The summed E-state index contributed by atoms with van der Waals surface area (Å²) in [5.74, 6) is 0.508. The normalized spacial score (nSPS) is 17.6. The summed E-state index contributed by atoms with van der Waals surface area (Å²) in [6.07, 6.45) is 2.23. The lowest BCUT2D eigenvalue weighted by atomic mass is 10.1. The second-order valence-corrected chi connectivity index (χ2v) is 6.98. The summed E-state index contributed by atoms with van der Waals surface area (Å²) < 4.78 is 0. The van der Waals surface area contributed by atoms with E-state index in [2.05, 4.69) is 40.5 Å². The van der Waals surface area contributed by atoms with Crippen LogP contribution >= 0.6 is 0 Å². The Hall–Kier alpha value is -2.33. The molecule has 1 aliphatic rings. The maximum atomic E-state index is 12.4. The van der Waals surface area contributed by atoms with Crippen LogP contribution in [0.3, 0.4) is 0 Å². The zero-order valence-corrected chi connectivity index (χ0v) is 14.9. The van der Waals surface area contributed by atoms with Crippen LogP contribution in [0.5, 0.6) is 0 Å². The summed E-state index contributed by atoms with van der Waals surface area (Å²) in [6, 6.07) is 16.1. The quantitative estimate of drug-likeness (QED) is 0.797. The maximum absolute atomic E-state index is 12.4. The van der Waals surface area contributed by atoms with Crippen molar-refractivity contribution in [2.24, 2.45) is 5.92 Å². The summed E-state index contributed by atoms with van der Waals surface area (Å²) in [5, 5.41) is 3.08. The van der Waals surface area contributed by atoms with Crippen molar-refractivity contribution in [1.82, 2.24) is 10.2 Å². The SMILES string of the molecule is Cc1ccc(N)cc1C(=O)NCC1CCN(CCc2ccccc2)C1. The van der Waals surface area contributed by atoms with E-state index in [0.29, 0.717) is 17.2 Å². The largest absolute Gasteiger partial charge is 0.399 e. The van der Waals surface area contributed by atoms with Gasteiger partial charge in [-0.05, 0) is 55.5 Å². The van der Waals surface area contributed by atoms with E-state index in [1.165, 1.54) is 5.56 Å². The second kappa shape index (κ2) is 8.17. The molecule has 1 saturated heterocycles. The monoisotopic (exact) mass is 337 g/mol. The zero-order chi connectivity index (χ0) is 17.6.